The Balaban J connectivity index is 1.91. The van der Waals surface area contributed by atoms with E-state index in [0.717, 1.165) is 22.5 Å². The van der Waals surface area contributed by atoms with Gasteiger partial charge in [-0.15, -0.1) is 0 Å². The van der Waals surface area contributed by atoms with Gasteiger partial charge in [0.2, 0.25) is 0 Å². The number of carbonyl (C=O) groups is 1. The molecule has 0 saturated carbocycles. The average Bonchev–Trinajstić information content (AvgIpc) is 2.97. The molecule has 116 valence electrons. The van der Waals surface area contributed by atoms with E-state index >= 15 is 0 Å². The van der Waals surface area contributed by atoms with Crippen molar-refractivity contribution >= 4 is 11.6 Å². The first-order valence-corrected chi connectivity index (χ1v) is 7.41. The summed E-state index contributed by atoms with van der Waals surface area (Å²) >= 11 is 0. The van der Waals surface area contributed by atoms with E-state index in [1.165, 1.54) is 0 Å². The maximum absolute atomic E-state index is 12.5. The van der Waals surface area contributed by atoms with Crippen LogP contribution in [0.25, 0.3) is 11.4 Å². The second kappa shape index (κ2) is 6.04. The Kier molecular flexibility index (Phi) is 3.93. The molecule has 23 heavy (non-hydrogen) atoms. The number of aryl methyl sites for hydroxylation is 3. The van der Waals surface area contributed by atoms with Crippen LogP contribution >= 0.6 is 0 Å². The summed E-state index contributed by atoms with van der Waals surface area (Å²) in [7, 11) is 0. The number of para-hydroxylation sites is 1. The van der Waals surface area contributed by atoms with Gasteiger partial charge >= 0.3 is 0 Å². The first-order chi connectivity index (χ1) is 11.0. The summed E-state index contributed by atoms with van der Waals surface area (Å²) < 4.78 is 0. The van der Waals surface area contributed by atoms with Crippen LogP contribution in [0.2, 0.25) is 0 Å². The van der Waals surface area contributed by atoms with E-state index in [0.29, 0.717) is 17.1 Å². The minimum atomic E-state index is -0.146. The number of nitrogens with zero attached hydrogens (tertiary/aromatic N) is 2. The van der Waals surface area contributed by atoms with Crippen molar-refractivity contribution in [3.05, 3.63) is 65.0 Å². The summed E-state index contributed by atoms with van der Waals surface area (Å²) in [6, 6.07) is 13.2. The molecular weight excluding hydrogens is 288 g/mol. The Morgan fingerprint density at radius 1 is 1.04 bits per heavy atom. The Morgan fingerprint density at radius 2 is 1.83 bits per heavy atom. The molecule has 0 spiro atoms. The zero-order valence-electron chi connectivity index (χ0n) is 13.3. The van der Waals surface area contributed by atoms with Gasteiger partial charge in [0, 0.05) is 11.1 Å². The average molecular weight is 306 g/mol. The standard InChI is InChI=1S/C18H18N4O/c1-11-8-9-14(10-12(11)2)18(23)20-16-7-5-4-6-15(16)17-19-13(3)21-22-17/h4-10H,1-3H3,(H,20,23)(H,19,21,22). The first-order valence-electron chi connectivity index (χ1n) is 7.41. The lowest BCUT2D eigenvalue weighted by Crippen LogP contribution is -2.13. The predicted octanol–water partition coefficient (Wildman–Crippen LogP) is 3.65. The SMILES string of the molecule is Cc1nc(-c2ccccc2NC(=O)c2ccc(C)c(C)c2)n[nH]1. The van der Waals surface area contributed by atoms with Crippen LogP contribution in [0.1, 0.15) is 27.3 Å². The lowest BCUT2D eigenvalue weighted by molar-refractivity contribution is 0.102. The quantitative estimate of drug-likeness (QED) is 0.776. The Labute approximate surface area is 134 Å². The van der Waals surface area contributed by atoms with Crippen molar-refractivity contribution in [1.82, 2.24) is 15.2 Å². The van der Waals surface area contributed by atoms with E-state index in [4.69, 9.17) is 0 Å². The molecule has 1 amide bonds. The van der Waals surface area contributed by atoms with Crippen molar-refractivity contribution in [2.24, 2.45) is 0 Å². The highest BCUT2D eigenvalue weighted by molar-refractivity contribution is 6.06. The van der Waals surface area contributed by atoms with Crippen LogP contribution in [0.4, 0.5) is 5.69 Å². The van der Waals surface area contributed by atoms with Gasteiger partial charge < -0.3 is 5.32 Å². The number of carbonyl (C=O) groups excluding carboxylic acids is 1. The normalized spacial score (nSPS) is 10.6. The molecule has 0 unspecified atom stereocenters. The van der Waals surface area contributed by atoms with E-state index in [2.05, 4.69) is 20.5 Å². The van der Waals surface area contributed by atoms with E-state index in [-0.39, 0.29) is 5.91 Å². The Hall–Kier alpha value is -2.95. The van der Waals surface area contributed by atoms with E-state index in [1.54, 1.807) is 0 Å². The summed E-state index contributed by atoms with van der Waals surface area (Å²) in [5.41, 5.74) is 4.37. The van der Waals surface area contributed by atoms with Crippen LogP contribution in [-0.2, 0) is 0 Å². The Morgan fingerprint density at radius 3 is 2.52 bits per heavy atom. The number of anilines is 1. The minimum Gasteiger partial charge on any atom is -0.321 e. The molecule has 0 radical (unpaired) electrons. The van der Waals surface area contributed by atoms with Gasteiger partial charge in [-0.3, -0.25) is 9.89 Å². The van der Waals surface area contributed by atoms with Gasteiger partial charge in [-0.25, -0.2) is 4.98 Å². The highest BCUT2D eigenvalue weighted by atomic mass is 16.1. The molecule has 0 aliphatic carbocycles. The van der Waals surface area contributed by atoms with E-state index in [9.17, 15) is 4.79 Å². The van der Waals surface area contributed by atoms with Crippen molar-refractivity contribution in [3.63, 3.8) is 0 Å². The lowest BCUT2D eigenvalue weighted by Gasteiger charge is -2.10. The number of H-pyrrole nitrogens is 1. The van der Waals surface area contributed by atoms with Crippen LogP contribution in [0, 0.1) is 20.8 Å². The van der Waals surface area contributed by atoms with Crippen molar-refractivity contribution in [2.75, 3.05) is 5.32 Å². The molecule has 3 rings (SSSR count). The molecule has 0 saturated heterocycles. The fourth-order valence-electron chi connectivity index (χ4n) is 2.33. The molecular formula is C18H18N4O. The third kappa shape index (κ3) is 3.13. The van der Waals surface area contributed by atoms with Gasteiger partial charge in [0.15, 0.2) is 5.82 Å². The van der Waals surface area contributed by atoms with Gasteiger partial charge in [-0.2, -0.15) is 5.10 Å². The fraction of sp³-hybridized carbons (Fsp3) is 0.167. The Bertz CT molecular complexity index is 867. The summed E-state index contributed by atoms with van der Waals surface area (Å²) in [6.45, 7) is 5.86. The van der Waals surface area contributed by atoms with Crippen LogP contribution in [0.3, 0.4) is 0 Å². The summed E-state index contributed by atoms with van der Waals surface area (Å²) in [5.74, 6) is 1.15. The fourth-order valence-corrected chi connectivity index (χ4v) is 2.33. The number of aromatic nitrogens is 3. The number of aromatic amines is 1. The number of nitrogens with one attached hydrogen (secondary N) is 2. The number of benzene rings is 2. The molecule has 5 heteroatoms. The second-order valence-electron chi connectivity index (χ2n) is 5.54. The van der Waals surface area contributed by atoms with Gasteiger partial charge in [-0.1, -0.05) is 18.2 Å². The topological polar surface area (TPSA) is 70.7 Å². The molecule has 0 aliphatic rings. The van der Waals surface area contributed by atoms with Crippen molar-refractivity contribution < 1.29 is 4.79 Å². The number of hydrogen-bond donors (Lipinski definition) is 2. The van der Waals surface area contributed by atoms with Crippen LogP contribution < -0.4 is 5.32 Å². The predicted molar refractivity (Wildman–Crippen MR) is 90.4 cm³/mol. The summed E-state index contributed by atoms with van der Waals surface area (Å²) in [4.78, 5) is 16.8. The summed E-state index contributed by atoms with van der Waals surface area (Å²) in [6.07, 6.45) is 0. The lowest BCUT2D eigenvalue weighted by atomic mass is 10.1. The molecule has 5 nitrogen and oxygen atoms in total. The highest BCUT2D eigenvalue weighted by Gasteiger charge is 2.13. The zero-order valence-corrected chi connectivity index (χ0v) is 13.3. The number of amides is 1. The van der Waals surface area contributed by atoms with Gasteiger partial charge in [0.25, 0.3) is 5.91 Å². The molecule has 0 fully saturated rings. The summed E-state index contributed by atoms with van der Waals surface area (Å²) in [5, 5.41) is 9.93. The maximum Gasteiger partial charge on any atom is 0.255 e. The van der Waals surface area contributed by atoms with Gasteiger partial charge in [-0.05, 0) is 56.2 Å². The van der Waals surface area contributed by atoms with Gasteiger partial charge in [0.1, 0.15) is 5.82 Å². The van der Waals surface area contributed by atoms with Crippen LogP contribution in [-0.4, -0.2) is 21.1 Å². The van der Waals surface area contributed by atoms with Gasteiger partial charge in [0.05, 0.1) is 5.69 Å². The van der Waals surface area contributed by atoms with E-state index < -0.39 is 0 Å². The molecule has 0 aliphatic heterocycles. The maximum atomic E-state index is 12.5. The van der Waals surface area contributed by atoms with Crippen molar-refractivity contribution in [1.29, 1.82) is 0 Å². The van der Waals surface area contributed by atoms with Crippen molar-refractivity contribution in [2.45, 2.75) is 20.8 Å². The molecule has 2 aromatic carbocycles. The molecule has 2 N–H and O–H groups in total. The highest BCUT2D eigenvalue weighted by Crippen LogP contribution is 2.25. The smallest absolute Gasteiger partial charge is 0.255 e. The van der Waals surface area contributed by atoms with Crippen LogP contribution in [0.5, 0.6) is 0 Å². The molecule has 1 heterocycles. The molecule has 3 aromatic rings. The molecule has 0 atom stereocenters. The number of hydrogen-bond acceptors (Lipinski definition) is 3. The second-order valence-corrected chi connectivity index (χ2v) is 5.54. The van der Waals surface area contributed by atoms with E-state index in [1.807, 2.05) is 63.2 Å². The largest absolute Gasteiger partial charge is 0.321 e. The zero-order chi connectivity index (χ0) is 16.4. The monoisotopic (exact) mass is 306 g/mol. The molecule has 1 aromatic heterocycles. The van der Waals surface area contributed by atoms with Crippen molar-refractivity contribution in [3.8, 4) is 11.4 Å². The molecule has 0 bridgehead atoms. The first kappa shape index (κ1) is 15.0. The third-order valence-electron chi connectivity index (χ3n) is 3.78. The van der Waals surface area contributed by atoms with Crippen LogP contribution in [0.15, 0.2) is 42.5 Å². The number of rotatable bonds is 3. The third-order valence-corrected chi connectivity index (χ3v) is 3.78. The minimum absolute atomic E-state index is 0.146.